The highest BCUT2D eigenvalue weighted by Gasteiger charge is 2.60. The molecule has 4 saturated carbocycles. The van der Waals surface area contributed by atoms with E-state index in [1.165, 1.54) is 13.5 Å². The lowest BCUT2D eigenvalue weighted by molar-refractivity contribution is -0.171. The minimum atomic E-state index is -0.514. The lowest BCUT2D eigenvalue weighted by Gasteiger charge is -2.58. The van der Waals surface area contributed by atoms with Gasteiger partial charge in [-0.25, -0.2) is 0 Å². The first-order chi connectivity index (χ1) is 12.8. The van der Waals surface area contributed by atoms with E-state index in [2.05, 4.69) is 5.32 Å². The van der Waals surface area contributed by atoms with Crippen LogP contribution in [0, 0.1) is 17.3 Å². The molecule has 4 atom stereocenters. The van der Waals surface area contributed by atoms with Gasteiger partial charge in [0.05, 0.1) is 18.2 Å². The fourth-order valence-electron chi connectivity index (χ4n) is 5.64. The first-order valence-electron chi connectivity index (χ1n) is 9.30. The van der Waals surface area contributed by atoms with Gasteiger partial charge in [0.15, 0.2) is 6.61 Å². The van der Waals surface area contributed by atoms with E-state index in [-0.39, 0.29) is 17.5 Å². The number of alkyl halides is 1. The normalized spacial score (nSPS) is 33.6. The zero-order chi connectivity index (χ0) is 19.2. The summed E-state index contributed by atoms with van der Waals surface area (Å²) in [6, 6.07) is 4.93. The summed E-state index contributed by atoms with van der Waals surface area (Å²) in [5, 5.41) is 3.16. The van der Waals surface area contributed by atoms with Crippen LogP contribution in [-0.2, 0) is 14.3 Å². The molecule has 5 nitrogen and oxygen atoms in total. The average molecular weight is 412 g/mol. The summed E-state index contributed by atoms with van der Waals surface area (Å²) >= 11 is 12.7. The molecule has 1 N–H and O–H groups in total. The van der Waals surface area contributed by atoms with Gasteiger partial charge in [-0.15, -0.1) is 11.6 Å². The maximum absolute atomic E-state index is 12.9. The predicted molar refractivity (Wildman–Crippen MR) is 103 cm³/mol. The van der Waals surface area contributed by atoms with Gasteiger partial charge in [-0.3, -0.25) is 9.59 Å². The third kappa shape index (κ3) is 3.64. The second-order valence-electron chi connectivity index (χ2n) is 8.36. The third-order valence-corrected chi connectivity index (χ3v) is 6.87. The van der Waals surface area contributed by atoms with E-state index >= 15 is 0 Å². The van der Waals surface area contributed by atoms with Gasteiger partial charge in [0.1, 0.15) is 5.75 Å². The molecule has 1 amide bonds. The number of carbonyl (C=O) groups excluding carboxylic acids is 2. The lowest BCUT2D eigenvalue weighted by atomic mass is 9.49. The Kier molecular flexibility index (Phi) is 4.79. The SMILES string of the molecule is COc1ccc(Cl)cc1NC(=O)COC(=O)C12C[C@@H]3C[C@@H](CC(Cl)(C3)C1)C2. The molecule has 4 fully saturated rings. The van der Waals surface area contributed by atoms with E-state index in [0.29, 0.717) is 34.7 Å². The van der Waals surface area contributed by atoms with Crippen molar-refractivity contribution in [1.29, 1.82) is 0 Å². The fraction of sp³-hybridized carbons (Fsp3) is 0.600. The highest BCUT2D eigenvalue weighted by Crippen LogP contribution is 2.64. The first-order valence-corrected chi connectivity index (χ1v) is 10.1. The number of benzene rings is 1. The molecular formula is C20H23Cl2NO4. The van der Waals surface area contributed by atoms with Crippen LogP contribution in [0.5, 0.6) is 5.75 Å². The molecule has 0 aromatic heterocycles. The predicted octanol–water partition coefficient (Wildman–Crippen LogP) is 4.41. The third-order valence-electron chi connectivity index (χ3n) is 6.19. The van der Waals surface area contributed by atoms with Crippen molar-refractivity contribution in [3.05, 3.63) is 23.2 Å². The number of esters is 1. The molecular weight excluding hydrogens is 389 g/mol. The summed E-state index contributed by atoms with van der Waals surface area (Å²) in [6.07, 6.45) is 5.49. The number of nitrogens with one attached hydrogen (secondary N) is 1. The summed E-state index contributed by atoms with van der Waals surface area (Å²) in [6.45, 7) is -0.332. The number of carbonyl (C=O) groups is 2. The molecule has 0 radical (unpaired) electrons. The van der Waals surface area contributed by atoms with Crippen LogP contribution in [0.25, 0.3) is 0 Å². The largest absolute Gasteiger partial charge is 0.495 e. The summed E-state index contributed by atoms with van der Waals surface area (Å²) < 4.78 is 10.6. The van der Waals surface area contributed by atoms with Gasteiger partial charge in [0.25, 0.3) is 5.91 Å². The van der Waals surface area contributed by atoms with Crippen molar-refractivity contribution in [3.63, 3.8) is 0 Å². The van der Waals surface area contributed by atoms with Gasteiger partial charge in [-0.1, -0.05) is 11.6 Å². The van der Waals surface area contributed by atoms with Gasteiger partial charge in [-0.05, 0) is 68.6 Å². The van der Waals surface area contributed by atoms with E-state index in [0.717, 1.165) is 25.7 Å². The monoisotopic (exact) mass is 411 g/mol. The topological polar surface area (TPSA) is 64.6 Å². The molecule has 1 aromatic carbocycles. The van der Waals surface area contributed by atoms with Crippen molar-refractivity contribution in [2.75, 3.05) is 19.0 Å². The van der Waals surface area contributed by atoms with Crippen LogP contribution in [0.3, 0.4) is 0 Å². The minimum Gasteiger partial charge on any atom is -0.495 e. The number of amides is 1. The Bertz CT molecular complexity index is 767. The molecule has 27 heavy (non-hydrogen) atoms. The average Bonchev–Trinajstić information content (AvgIpc) is 2.57. The number of hydrogen-bond donors (Lipinski definition) is 1. The molecule has 5 rings (SSSR count). The standard InChI is InChI=1S/C20H23Cl2NO4/c1-26-16-3-2-14(21)5-15(16)23-17(24)10-27-18(25)19-6-12-4-13(7-19)9-20(22,8-12)11-19/h2-3,5,12-13H,4,6-11H2,1H3,(H,23,24)/t12-,13+,19?,20?. The number of anilines is 1. The van der Waals surface area contributed by atoms with Gasteiger partial charge in [0.2, 0.25) is 0 Å². The van der Waals surface area contributed by atoms with Crippen LogP contribution in [0.15, 0.2) is 18.2 Å². The molecule has 4 aliphatic carbocycles. The van der Waals surface area contributed by atoms with Crippen LogP contribution >= 0.6 is 23.2 Å². The number of halogens is 2. The van der Waals surface area contributed by atoms with Gasteiger partial charge in [0, 0.05) is 9.90 Å². The molecule has 0 heterocycles. The van der Waals surface area contributed by atoms with Crippen molar-refractivity contribution in [2.45, 2.75) is 43.4 Å². The Labute approximate surface area is 168 Å². The van der Waals surface area contributed by atoms with Crippen molar-refractivity contribution in [3.8, 4) is 5.75 Å². The molecule has 4 aliphatic rings. The van der Waals surface area contributed by atoms with Crippen LogP contribution in [0.1, 0.15) is 38.5 Å². The van der Waals surface area contributed by atoms with Crippen LogP contribution in [0.2, 0.25) is 5.02 Å². The van der Waals surface area contributed by atoms with E-state index < -0.39 is 11.3 Å². The highest BCUT2D eigenvalue weighted by atomic mass is 35.5. The quantitative estimate of drug-likeness (QED) is 0.575. The maximum atomic E-state index is 12.9. The zero-order valence-electron chi connectivity index (χ0n) is 15.2. The van der Waals surface area contributed by atoms with E-state index in [1.54, 1.807) is 18.2 Å². The fourth-order valence-corrected chi connectivity index (χ4v) is 6.50. The van der Waals surface area contributed by atoms with E-state index in [4.69, 9.17) is 32.7 Å². The Hall–Kier alpha value is -1.46. The molecule has 0 aliphatic heterocycles. The second kappa shape index (κ2) is 6.85. The zero-order valence-corrected chi connectivity index (χ0v) is 16.7. The molecule has 0 spiro atoms. The highest BCUT2D eigenvalue weighted by molar-refractivity contribution is 6.31. The number of ether oxygens (including phenoxy) is 2. The Morgan fingerprint density at radius 3 is 2.56 bits per heavy atom. The summed E-state index contributed by atoms with van der Waals surface area (Å²) in [7, 11) is 1.51. The molecule has 7 heteroatoms. The van der Waals surface area contributed by atoms with Crippen LogP contribution in [-0.4, -0.2) is 30.5 Å². The van der Waals surface area contributed by atoms with Crippen LogP contribution < -0.4 is 10.1 Å². The second-order valence-corrected chi connectivity index (χ2v) is 9.60. The van der Waals surface area contributed by atoms with Crippen molar-refractivity contribution < 1.29 is 19.1 Å². The Balaban J connectivity index is 1.38. The van der Waals surface area contributed by atoms with E-state index in [9.17, 15) is 9.59 Å². The Morgan fingerprint density at radius 1 is 1.22 bits per heavy atom. The van der Waals surface area contributed by atoms with E-state index in [1.807, 2.05) is 0 Å². The molecule has 1 aromatic rings. The number of rotatable bonds is 5. The number of methoxy groups -OCH3 is 1. The molecule has 2 unspecified atom stereocenters. The maximum Gasteiger partial charge on any atom is 0.312 e. The van der Waals surface area contributed by atoms with Crippen LogP contribution in [0.4, 0.5) is 5.69 Å². The van der Waals surface area contributed by atoms with Crippen molar-refractivity contribution >= 4 is 40.8 Å². The first kappa shape index (κ1) is 18.9. The van der Waals surface area contributed by atoms with Gasteiger partial charge < -0.3 is 14.8 Å². The summed E-state index contributed by atoms with van der Waals surface area (Å²) in [5.74, 6) is 0.787. The van der Waals surface area contributed by atoms with Gasteiger partial charge >= 0.3 is 5.97 Å². The molecule has 146 valence electrons. The van der Waals surface area contributed by atoms with Crippen molar-refractivity contribution in [1.82, 2.24) is 0 Å². The Morgan fingerprint density at radius 2 is 1.93 bits per heavy atom. The van der Waals surface area contributed by atoms with Gasteiger partial charge in [-0.2, -0.15) is 0 Å². The minimum absolute atomic E-state index is 0.264. The molecule has 4 bridgehead atoms. The summed E-state index contributed by atoms with van der Waals surface area (Å²) in [5.41, 5.74) is -0.0691. The van der Waals surface area contributed by atoms with Crippen molar-refractivity contribution in [2.24, 2.45) is 17.3 Å². The summed E-state index contributed by atoms with van der Waals surface area (Å²) in [4.78, 5) is 24.9. The lowest BCUT2D eigenvalue weighted by Crippen LogP contribution is -2.56. The number of hydrogen-bond acceptors (Lipinski definition) is 4. The smallest absolute Gasteiger partial charge is 0.312 e. The molecule has 0 saturated heterocycles.